The number of ether oxygens (including phenoxy) is 1. The fraction of sp³-hybridized carbons (Fsp3) is 0.400. The van der Waals surface area contributed by atoms with Crippen molar-refractivity contribution < 1.29 is 9.53 Å². The predicted molar refractivity (Wildman–Crippen MR) is 89.6 cm³/mol. The molecule has 7 heteroatoms. The summed E-state index contributed by atoms with van der Waals surface area (Å²) in [6.45, 7) is 4.45. The van der Waals surface area contributed by atoms with Gasteiger partial charge in [-0.1, -0.05) is 18.7 Å². The highest BCUT2D eigenvalue weighted by Crippen LogP contribution is 2.22. The first-order valence-electron chi connectivity index (χ1n) is 7.08. The standard InChI is InChI=1S/C15H19N3O2S2/c1-3-21-15-18-12(10-22-15)7-14(19)17-8-11(2)20-13-5-4-6-16-9-13/h4-6,9-11H,3,7-8H2,1-2H3,(H,17,19)/t11-/m1/s1. The second kappa shape index (κ2) is 8.75. The van der Waals surface area contributed by atoms with Gasteiger partial charge in [0.1, 0.15) is 16.2 Å². The minimum absolute atomic E-state index is 0.0417. The summed E-state index contributed by atoms with van der Waals surface area (Å²) in [6, 6.07) is 3.66. The van der Waals surface area contributed by atoms with Crippen LogP contribution in [0.2, 0.25) is 0 Å². The molecule has 22 heavy (non-hydrogen) atoms. The third kappa shape index (κ3) is 5.65. The molecule has 0 aliphatic carbocycles. The number of thioether (sulfide) groups is 1. The molecule has 118 valence electrons. The van der Waals surface area contributed by atoms with Crippen molar-refractivity contribution in [3.8, 4) is 5.75 Å². The molecule has 2 aromatic rings. The summed E-state index contributed by atoms with van der Waals surface area (Å²) < 4.78 is 6.67. The van der Waals surface area contributed by atoms with Gasteiger partial charge in [0.2, 0.25) is 5.91 Å². The SMILES string of the molecule is CCSc1nc(CC(=O)NC[C@@H](C)Oc2cccnc2)cs1. The summed E-state index contributed by atoms with van der Waals surface area (Å²) >= 11 is 3.27. The van der Waals surface area contributed by atoms with E-state index in [1.54, 1.807) is 35.5 Å². The third-order valence-corrected chi connectivity index (χ3v) is 4.65. The quantitative estimate of drug-likeness (QED) is 0.751. The lowest BCUT2D eigenvalue weighted by molar-refractivity contribution is -0.120. The summed E-state index contributed by atoms with van der Waals surface area (Å²) in [6.07, 6.45) is 3.54. The van der Waals surface area contributed by atoms with Gasteiger partial charge in [0.15, 0.2) is 0 Å². The van der Waals surface area contributed by atoms with Crippen LogP contribution >= 0.6 is 23.1 Å². The highest BCUT2D eigenvalue weighted by molar-refractivity contribution is 8.00. The molecule has 0 aliphatic rings. The average Bonchev–Trinajstić information content (AvgIpc) is 2.94. The lowest BCUT2D eigenvalue weighted by Crippen LogP contribution is -2.34. The van der Waals surface area contributed by atoms with E-state index >= 15 is 0 Å². The number of nitrogens with zero attached hydrogens (tertiary/aromatic N) is 2. The highest BCUT2D eigenvalue weighted by Gasteiger charge is 2.10. The molecular weight excluding hydrogens is 318 g/mol. The minimum Gasteiger partial charge on any atom is -0.487 e. The fourth-order valence-electron chi connectivity index (χ4n) is 1.73. The monoisotopic (exact) mass is 337 g/mol. The fourth-order valence-corrected chi connectivity index (χ4v) is 3.48. The maximum absolute atomic E-state index is 11.9. The molecule has 0 unspecified atom stereocenters. The van der Waals surface area contributed by atoms with Gasteiger partial charge in [-0.25, -0.2) is 4.98 Å². The van der Waals surface area contributed by atoms with Crippen molar-refractivity contribution in [2.75, 3.05) is 12.3 Å². The zero-order chi connectivity index (χ0) is 15.8. The number of hydrogen-bond donors (Lipinski definition) is 1. The van der Waals surface area contributed by atoms with E-state index in [4.69, 9.17) is 4.74 Å². The molecule has 2 rings (SSSR count). The number of aromatic nitrogens is 2. The smallest absolute Gasteiger partial charge is 0.226 e. The minimum atomic E-state index is -0.116. The van der Waals surface area contributed by atoms with Gasteiger partial charge in [-0.05, 0) is 24.8 Å². The maximum atomic E-state index is 11.9. The molecule has 0 aliphatic heterocycles. The Morgan fingerprint density at radius 1 is 1.55 bits per heavy atom. The van der Waals surface area contributed by atoms with Gasteiger partial charge in [0.05, 0.1) is 24.9 Å². The summed E-state index contributed by atoms with van der Waals surface area (Å²) in [5, 5.41) is 4.80. The predicted octanol–water partition coefficient (Wildman–Crippen LogP) is 2.78. The molecule has 0 aromatic carbocycles. The number of rotatable bonds is 8. The number of nitrogens with one attached hydrogen (secondary N) is 1. The van der Waals surface area contributed by atoms with E-state index in [0.29, 0.717) is 18.7 Å². The zero-order valence-electron chi connectivity index (χ0n) is 12.6. The molecule has 1 atom stereocenters. The molecule has 0 radical (unpaired) electrons. The molecule has 2 heterocycles. The van der Waals surface area contributed by atoms with Gasteiger partial charge < -0.3 is 10.1 Å². The highest BCUT2D eigenvalue weighted by atomic mass is 32.2. The van der Waals surface area contributed by atoms with E-state index in [1.165, 1.54) is 0 Å². The van der Waals surface area contributed by atoms with Crippen molar-refractivity contribution in [2.45, 2.75) is 30.7 Å². The first-order chi connectivity index (χ1) is 10.7. The van der Waals surface area contributed by atoms with Crippen molar-refractivity contribution in [3.05, 3.63) is 35.6 Å². The van der Waals surface area contributed by atoms with E-state index in [2.05, 4.69) is 22.2 Å². The second-order valence-electron chi connectivity index (χ2n) is 4.64. The summed E-state index contributed by atoms with van der Waals surface area (Å²) in [4.78, 5) is 20.3. The molecule has 0 fully saturated rings. The number of pyridine rings is 1. The molecule has 5 nitrogen and oxygen atoms in total. The Labute approximate surface area is 138 Å². The summed E-state index contributed by atoms with van der Waals surface area (Å²) in [5.41, 5.74) is 0.819. The summed E-state index contributed by atoms with van der Waals surface area (Å²) in [5.74, 6) is 1.65. The second-order valence-corrected chi connectivity index (χ2v) is 7.01. The molecule has 0 spiro atoms. The van der Waals surface area contributed by atoms with Gasteiger partial charge in [0, 0.05) is 11.6 Å². The maximum Gasteiger partial charge on any atom is 0.226 e. The molecule has 2 aromatic heterocycles. The van der Waals surface area contributed by atoms with E-state index in [0.717, 1.165) is 15.8 Å². The zero-order valence-corrected chi connectivity index (χ0v) is 14.2. The van der Waals surface area contributed by atoms with Crippen molar-refractivity contribution in [3.63, 3.8) is 0 Å². The van der Waals surface area contributed by atoms with Crippen LogP contribution in [-0.4, -0.2) is 34.3 Å². The number of carbonyl (C=O) groups excluding carboxylic acids is 1. The lowest BCUT2D eigenvalue weighted by atomic mass is 10.3. The Balaban J connectivity index is 1.72. The van der Waals surface area contributed by atoms with Crippen molar-refractivity contribution in [1.29, 1.82) is 0 Å². The van der Waals surface area contributed by atoms with Gasteiger partial charge in [-0.2, -0.15) is 0 Å². The van der Waals surface area contributed by atoms with Gasteiger partial charge >= 0.3 is 0 Å². The lowest BCUT2D eigenvalue weighted by Gasteiger charge is -2.14. The van der Waals surface area contributed by atoms with Gasteiger partial charge in [-0.3, -0.25) is 9.78 Å². The first-order valence-corrected chi connectivity index (χ1v) is 8.94. The van der Waals surface area contributed by atoms with E-state index in [1.807, 2.05) is 24.4 Å². The Hall–Kier alpha value is -1.60. The van der Waals surface area contributed by atoms with Crippen LogP contribution in [0.25, 0.3) is 0 Å². The van der Waals surface area contributed by atoms with Crippen LogP contribution in [0, 0.1) is 0 Å². The van der Waals surface area contributed by atoms with Gasteiger partial charge in [-0.15, -0.1) is 11.3 Å². The van der Waals surface area contributed by atoms with Crippen molar-refractivity contribution >= 4 is 29.0 Å². The van der Waals surface area contributed by atoms with Crippen LogP contribution < -0.4 is 10.1 Å². The molecule has 1 N–H and O–H groups in total. The van der Waals surface area contributed by atoms with Crippen LogP contribution in [0.15, 0.2) is 34.2 Å². The average molecular weight is 337 g/mol. The van der Waals surface area contributed by atoms with E-state index in [-0.39, 0.29) is 12.0 Å². The van der Waals surface area contributed by atoms with Crippen LogP contribution in [0.1, 0.15) is 19.5 Å². The molecule has 0 saturated carbocycles. The Bertz CT molecular complexity index is 589. The third-order valence-electron chi connectivity index (χ3n) is 2.70. The van der Waals surface area contributed by atoms with Crippen molar-refractivity contribution in [2.24, 2.45) is 0 Å². The molecular formula is C15H19N3O2S2. The van der Waals surface area contributed by atoms with Crippen LogP contribution in [0.3, 0.4) is 0 Å². The normalized spacial score (nSPS) is 11.9. The van der Waals surface area contributed by atoms with Crippen LogP contribution in [0.4, 0.5) is 0 Å². The van der Waals surface area contributed by atoms with E-state index < -0.39 is 0 Å². The van der Waals surface area contributed by atoms with Crippen LogP contribution in [0.5, 0.6) is 5.75 Å². The summed E-state index contributed by atoms with van der Waals surface area (Å²) in [7, 11) is 0. The van der Waals surface area contributed by atoms with Crippen molar-refractivity contribution in [1.82, 2.24) is 15.3 Å². The molecule has 1 amide bonds. The first kappa shape index (κ1) is 16.8. The number of thiazole rings is 1. The number of hydrogen-bond acceptors (Lipinski definition) is 6. The molecule has 0 saturated heterocycles. The Morgan fingerprint density at radius 2 is 2.41 bits per heavy atom. The Kier molecular flexibility index (Phi) is 6.67. The number of carbonyl (C=O) groups is 1. The number of amides is 1. The van der Waals surface area contributed by atoms with Crippen LogP contribution in [-0.2, 0) is 11.2 Å². The van der Waals surface area contributed by atoms with E-state index in [9.17, 15) is 4.79 Å². The molecule has 0 bridgehead atoms. The topological polar surface area (TPSA) is 64.1 Å². The Morgan fingerprint density at radius 3 is 3.14 bits per heavy atom. The largest absolute Gasteiger partial charge is 0.487 e. The van der Waals surface area contributed by atoms with Gasteiger partial charge in [0.25, 0.3) is 0 Å².